The van der Waals surface area contributed by atoms with Crippen molar-refractivity contribution in [3.05, 3.63) is 28.3 Å². The molecule has 0 saturated carbocycles. The predicted octanol–water partition coefficient (Wildman–Crippen LogP) is 4.47. The van der Waals surface area contributed by atoms with Crippen molar-refractivity contribution in [1.29, 1.82) is 5.41 Å². The molecule has 0 aliphatic carbocycles. The lowest BCUT2D eigenvalue weighted by atomic mass is 9.86. The van der Waals surface area contributed by atoms with Crippen molar-refractivity contribution in [2.24, 2.45) is 11.1 Å². The van der Waals surface area contributed by atoms with Gasteiger partial charge in [0.15, 0.2) is 0 Å². The van der Waals surface area contributed by atoms with Gasteiger partial charge in [0, 0.05) is 10.4 Å². The zero-order valence-electron chi connectivity index (χ0n) is 12.8. The van der Waals surface area contributed by atoms with Crippen LogP contribution in [-0.4, -0.2) is 12.4 Å². The highest BCUT2D eigenvalue weighted by Crippen LogP contribution is 2.26. The van der Waals surface area contributed by atoms with E-state index in [-0.39, 0.29) is 11.3 Å². The largest absolute Gasteiger partial charge is 0.494 e. The summed E-state index contributed by atoms with van der Waals surface area (Å²) in [6, 6.07) is 3.93. The molecule has 0 spiro atoms. The summed E-state index contributed by atoms with van der Waals surface area (Å²) in [5.74, 6) is 1.12. The number of benzene rings is 1. The Morgan fingerprint density at radius 1 is 1.25 bits per heavy atom. The maximum Gasteiger partial charge on any atom is 0.119 e. The topological polar surface area (TPSA) is 59.1 Å². The van der Waals surface area contributed by atoms with Crippen molar-refractivity contribution < 1.29 is 4.74 Å². The van der Waals surface area contributed by atoms with Crippen molar-refractivity contribution >= 4 is 17.4 Å². The molecule has 0 amide bonds. The smallest absolute Gasteiger partial charge is 0.119 e. The first kappa shape index (κ1) is 16.8. The van der Waals surface area contributed by atoms with E-state index in [4.69, 9.17) is 27.5 Å². The van der Waals surface area contributed by atoms with Crippen LogP contribution >= 0.6 is 11.6 Å². The third-order valence-corrected chi connectivity index (χ3v) is 4.20. The number of halogens is 1. The van der Waals surface area contributed by atoms with Crippen molar-refractivity contribution in [1.82, 2.24) is 0 Å². The minimum absolute atomic E-state index is 0.215. The van der Waals surface area contributed by atoms with E-state index in [9.17, 15) is 0 Å². The first-order chi connectivity index (χ1) is 9.24. The van der Waals surface area contributed by atoms with Crippen molar-refractivity contribution in [3.8, 4) is 5.75 Å². The fourth-order valence-electron chi connectivity index (χ4n) is 1.98. The van der Waals surface area contributed by atoms with Gasteiger partial charge in [-0.15, -0.1) is 0 Å². The highest BCUT2D eigenvalue weighted by molar-refractivity contribution is 6.32. The Hall–Kier alpha value is -1.22. The van der Waals surface area contributed by atoms with E-state index in [1.807, 2.05) is 39.8 Å². The van der Waals surface area contributed by atoms with Crippen LogP contribution in [-0.2, 0) is 0 Å². The van der Waals surface area contributed by atoms with Crippen LogP contribution in [0.5, 0.6) is 5.75 Å². The normalized spacial score (nSPS) is 11.4. The molecule has 1 rings (SSSR count). The molecule has 0 atom stereocenters. The van der Waals surface area contributed by atoms with Crippen molar-refractivity contribution in [2.45, 2.75) is 47.0 Å². The standard InChI is InChI=1S/C16H25ClN2O/c1-11-9-13(10-12(2)14(11)17)20-8-6-5-7-16(3,4)15(18)19/h9-10H,5-8H2,1-4H3,(H3,18,19). The average Bonchev–Trinajstić information content (AvgIpc) is 2.35. The van der Waals surface area contributed by atoms with Crippen LogP contribution in [0.1, 0.15) is 44.2 Å². The Labute approximate surface area is 127 Å². The summed E-state index contributed by atoms with van der Waals surface area (Å²) in [7, 11) is 0. The van der Waals surface area contributed by atoms with E-state index in [0.29, 0.717) is 6.61 Å². The van der Waals surface area contributed by atoms with E-state index in [2.05, 4.69) is 0 Å². The number of ether oxygens (including phenoxy) is 1. The highest BCUT2D eigenvalue weighted by atomic mass is 35.5. The van der Waals surface area contributed by atoms with Gasteiger partial charge in [0.1, 0.15) is 5.75 Å². The van der Waals surface area contributed by atoms with Crippen molar-refractivity contribution in [2.75, 3.05) is 6.61 Å². The van der Waals surface area contributed by atoms with Crippen LogP contribution in [0.2, 0.25) is 5.02 Å². The molecule has 112 valence electrons. The van der Waals surface area contributed by atoms with E-state index < -0.39 is 0 Å². The number of amidine groups is 1. The Kier molecular flexibility index (Phi) is 5.88. The van der Waals surface area contributed by atoms with Gasteiger partial charge in [0.25, 0.3) is 0 Å². The van der Waals surface area contributed by atoms with Gasteiger partial charge in [-0.3, -0.25) is 5.41 Å². The molecule has 0 bridgehead atoms. The SMILES string of the molecule is Cc1cc(OCCCCC(C)(C)C(=N)N)cc(C)c1Cl. The first-order valence-corrected chi connectivity index (χ1v) is 7.36. The maximum absolute atomic E-state index is 7.51. The number of aryl methyl sites for hydroxylation is 2. The van der Waals surface area contributed by atoms with Crippen LogP contribution in [0.4, 0.5) is 0 Å². The molecule has 0 unspecified atom stereocenters. The number of rotatable bonds is 7. The van der Waals surface area contributed by atoms with E-state index in [1.54, 1.807) is 0 Å². The first-order valence-electron chi connectivity index (χ1n) is 6.98. The number of hydrogen-bond acceptors (Lipinski definition) is 2. The Morgan fingerprint density at radius 2 is 1.80 bits per heavy atom. The average molecular weight is 297 g/mol. The van der Waals surface area contributed by atoms with Gasteiger partial charge in [-0.25, -0.2) is 0 Å². The highest BCUT2D eigenvalue weighted by Gasteiger charge is 2.20. The summed E-state index contributed by atoms with van der Waals surface area (Å²) in [6.07, 6.45) is 2.86. The summed E-state index contributed by atoms with van der Waals surface area (Å²) >= 11 is 6.13. The maximum atomic E-state index is 7.51. The van der Waals surface area contributed by atoms with Gasteiger partial charge in [-0.2, -0.15) is 0 Å². The molecular weight excluding hydrogens is 272 g/mol. The second-order valence-electron chi connectivity index (χ2n) is 5.97. The lowest BCUT2D eigenvalue weighted by Gasteiger charge is -2.22. The Bertz CT molecular complexity index is 460. The third kappa shape index (κ3) is 4.71. The van der Waals surface area contributed by atoms with Crippen LogP contribution in [0, 0.1) is 24.7 Å². The fraction of sp³-hybridized carbons (Fsp3) is 0.562. The molecule has 20 heavy (non-hydrogen) atoms. The summed E-state index contributed by atoms with van der Waals surface area (Å²) in [4.78, 5) is 0. The second-order valence-corrected chi connectivity index (χ2v) is 6.35. The number of nitrogens with one attached hydrogen (secondary N) is 1. The van der Waals surface area contributed by atoms with Crippen LogP contribution in [0.15, 0.2) is 12.1 Å². The quantitative estimate of drug-likeness (QED) is 0.443. The molecule has 0 aromatic heterocycles. The molecule has 0 radical (unpaired) electrons. The molecule has 3 N–H and O–H groups in total. The molecule has 1 aromatic rings. The zero-order valence-corrected chi connectivity index (χ0v) is 13.6. The predicted molar refractivity (Wildman–Crippen MR) is 86.0 cm³/mol. The van der Waals surface area contributed by atoms with Gasteiger partial charge in [-0.05, 0) is 56.4 Å². The minimum atomic E-state index is -0.215. The summed E-state index contributed by atoms with van der Waals surface area (Å²) in [5.41, 5.74) is 7.43. The molecule has 0 aliphatic rings. The molecule has 1 aromatic carbocycles. The van der Waals surface area contributed by atoms with Crippen LogP contribution < -0.4 is 10.5 Å². The molecule has 0 fully saturated rings. The molecule has 0 aliphatic heterocycles. The lowest BCUT2D eigenvalue weighted by molar-refractivity contribution is 0.296. The Morgan fingerprint density at radius 3 is 2.30 bits per heavy atom. The van der Waals surface area contributed by atoms with Gasteiger partial charge in [-0.1, -0.05) is 25.4 Å². The number of hydrogen-bond donors (Lipinski definition) is 2. The number of nitrogens with two attached hydrogens (primary N) is 1. The molecule has 0 saturated heterocycles. The van der Waals surface area contributed by atoms with E-state index in [1.165, 1.54) is 0 Å². The zero-order chi connectivity index (χ0) is 15.3. The number of unbranched alkanes of at least 4 members (excludes halogenated alkanes) is 1. The van der Waals surface area contributed by atoms with Crippen LogP contribution in [0.25, 0.3) is 0 Å². The van der Waals surface area contributed by atoms with Gasteiger partial charge >= 0.3 is 0 Å². The summed E-state index contributed by atoms with van der Waals surface area (Å²) < 4.78 is 5.75. The fourth-order valence-corrected chi connectivity index (χ4v) is 2.09. The minimum Gasteiger partial charge on any atom is -0.494 e. The molecule has 3 nitrogen and oxygen atoms in total. The van der Waals surface area contributed by atoms with Gasteiger partial charge in [0.2, 0.25) is 0 Å². The second kappa shape index (κ2) is 6.98. The van der Waals surface area contributed by atoms with Crippen LogP contribution in [0.3, 0.4) is 0 Å². The van der Waals surface area contributed by atoms with Gasteiger partial charge < -0.3 is 10.5 Å². The summed E-state index contributed by atoms with van der Waals surface area (Å²) in [6.45, 7) is 8.65. The van der Waals surface area contributed by atoms with E-state index in [0.717, 1.165) is 41.2 Å². The van der Waals surface area contributed by atoms with E-state index >= 15 is 0 Å². The van der Waals surface area contributed by atoms with Gasteiger partial charge in [0.05, 0.1) is 12.4 Å². The summed E-state index contributed by atoms with van der Waals surface area (Å²) in [5, 5.41) is 8.32. The van der Waals surface area contributed by atoms with Crippen molar-refractivity contribution in [3.63, 3.8) is 0 Å². The molecular formula is C16H25ClN2O. The molecule has 0 heterocycles. The lowest BCUT2D eigenvalue weighted by Crippen LogP contribution is -2.30. The monoisotopic (exact) mass is 296 g/mol. The molecule has 4 heteroatoms. The Balaban J connectivity index is 2.37. The third-order valence-electron chi connectivity index (χ3n) is 3.60.